The average Bonchev–Trinajstić information content (AvgIpc) is 2.73. The largest absolute Gasteiger partial charge is 0.282 e. The molecular formula is C9H6ClN3O2S2. The van der Waals surface area contributed by atoms with E-state index in [0.29, 0.717) is 15.1 Å². The second-order valence-corrected chi connectivity index (χ2v) is 5.62. The van der Waals surface area contributed by atoms with E-state index in [1.807, 2.05) is 0 Å². The van der Waals surface area contributed by atoms with Crippen LogP contribution in [0.4, 0.5) is 5.69 Å². The van der Waals surface area contributed by atoms with Crippen molar-refractivity contribution in [2.75, 3.05) is 0 Å². The summed E-state index contributed by atoms with van der Waals surface area (Å²) in [5, 5.41) is 19.1. The van der Waals surface area contributed by atoms with E-state index in [4.69, 9.17) is 11.6 Å². The number of nitro benzene ring substituents is 1. The maximum atomic E-state index is 10.8. The molecule has 1 aromatic heterocycles. The Labute approximate surface area is 110 Å². The number of para-hydroxylation sites is 1. The number of benzene rings is 1. The third kappa shape index (κ3) is 3.15. The molecule has 0 radical (unpaired) electrons. The minimum Gasteiger partial charge on any atom is -0.258 e. The highest BCUT2D eigenvalue weighted by Gasteiger charge is 2.13. The number of rotatable bonds is 4. The van der Waals surface area contributed by atoms with Gasteiger partial charge in [-0.05, 0) is 17.7 Å². The molecule has 0 fully saturated rings. The van der Waals surface area contributed by atoms with Crippen molar-refractivity contribution < 1.29 is 4.92 Å². The summed E-state index contributed by atoms with van der Waals surface area (Å²) in [6.07, 6.45) is 0. The van der Waals surface area contributed by atoms with E-state index < -0.39 is 4.92 Å². The third-order valence-corrected chi connectivity index (χ3v) is 4.13. The van der Waals surface area contributed by atoms with Crippen molar-refractivity contribution in [2.45, 2.75) is 10.6 Å². The SMILES string of the molecule is O=[N+]([O-])c1ccccc1SCc1nnc(Cl)s1. The summed E-state index contributed by atoms with van der Waals surface area (Å²) in [5.74, 6) is 0.523. The van der Waals surface area contributed by atoms with Gasteiger partial charge < -0.3 is 0 Å². The van der Waals surface area contributed by atoms with Crippen LogP contribution in [-0.4, -0.2) is 15.1 Å². The summed E-state index contributed by atoms with van der Waals surface area (Å²) >= 11 is 8.27. The Kier molecular flexibility index (Phi) is 3.93. The summed E-state index contributed by atoms with van der Waals surface area (Å²) in [7, 11) is 0. The second kappa shape index (κ2) is 5.44. The first-order valence-corrected chi connectivity index (χ1v) is 6.69. The molecule has 1 heterocycles. The molecule has 0 saturated carbocycles. The molecule has 0 atom stereocenters. The van der Waals surface area contributed by atoms with Crippen LogP contribution >= 0.6 is 34.7 Å². The predicted molar refractivity (Wildman–Crippen MR) is 67.6 cm³/mol. The van der Waals surface area contributed by atoms with Crippen LogP contribution in [0.2, 0.25) is 4.47 Å². The van der Waals surface area contributed by atoms with Crippen molar-refractivity contribution in [1.29, 1.82) is 0 Å². The highest BCUT2D eigenvalue weighted by atomic mass is 35.5. The van der Waals surface area contributed by atoms with Crippen molar-refractivity contribution >= 4 is 40.4 Å². The quantitative estimate of drug-likeness (QED) is 0.490. The molecule has 8 heteroatoms. The predicted octanol–water partition coefficient (Wildman–Crippen LogP) is 3.39. The van der Waals surface area contributed by atoms with Gasteiger partial charge in [0.2, 0.25) is 4.47 Å². The molecule has 0 N–H and O–H groups in total. The number of aromatic nitrogens is 2. The summed E-state index contributed by atoms with van der Waals surface area (Å²) in [5.41, 5.74) is 0.105. The normalized spacial score (nSPS) is 10.4. The zero-order valence-electron chi connectivity index (χ0n) is 8.37. The molecule has 2 rings (SSSR count). The topological polar surface area (TPSA) is 68.9 Å². The van der Waals surface area contributed by atoms with Crippen molar-refractivity contribution in [3.05, 3.63) is 43.9 Å². The first kappa shape index (κ1) is 12.3. The lowest BCUT2D eigenvalue weighted by Gasteiger charge is -1.99. The van der Waals surface area contributed by atoms with Gasteiger partial charge in [0.05, 0.1) is 15.6 Å². The molecule has 2 aromatic rings. The number of hydrogen-bond donors (Lipinski definition) is 0. The standard InChI is InChI=1S/C9H6ClN3O2S2/c10-9-12-11-8(17-9)5-16-7-4-2-1-3-6(7)13(14)15/h1-4H,5H2. The number of thioether (sulfide) groups is 1. The first-order valence-electron chi connectivity index (χ1n) is 4.51. The molecule has 0 aliphatic heterocycles. The highest BCUT2D eigenvalue weighted by molar-refractivity contribution is 7.98. The van der Waals surface area contributed by atoms with Crippen LogP contribution in [0.5, 0.6) is 0 Å². The van der Waals surface area contributed by atoms with Crippen LogP contribution in [0, 0.1) is 10.1 Å². The lowest BCUT2D eigenvalue weighted by atomic mass is 10.3. The van der Waals surface area contributed by atoms with Gasteiger partial charge in [0.15, 0.2) is 0 Å². The van der Waals surface area contributed by atoms with Crippen LogP contribution < -0.4 is 0 Å². The molecular weight excluding hydrogens is 282 g/mol. The number of nitrogens with zero attached hydrogens (tertiary/aromatic N) is 3. The first-order chi connectivity index (χ1) is 8.16. The lowest BCUT2D eigenvalue weighted by molar-refractivity contribution is -0.387. The Hall–Kier alpha value is -1.18. The van der Waals surface area contributed by atoms with Crippen LogP contribution in [0.3, 0.4) is 0 Å². The van der Waals surface area contributed by atoms with Gasteiger partial charge in [-0.1, -0.05) is 23.5 Å². The van der Waals surface area contributed by atoms with Crippen molar-refractivity contribution in [2.24, 2.45) is 0 Å². The minimum atomic E-state index is -0.393. The van der Waals surface area contributed by atoms with Gasteiger partial charge in [0.1, 0.15) is 5.01 Å². The van der Waals surface area contributed by atoms with Gasteiger partial charge in [-0.3, -0.25) is 10.1 Å². The van der Waals surface area contributed by atoms with Gasteiger partial charge in [-0.15, -0.1) is 22.0 Å². The molecule has 0 amide bonds. The third-order valence-electron chi connectivity index (χ3n) is 1.86. The van der Waals surface area contributed by atoms with Gasteiger partial charge in [-0.2, -0.15) is 0 Å². The van der Waals surface area contributed by atoms with E-state index >= 15 is 0 Å². The average molecular weight is 288 g/mol. The number of halogens is 1. The highest BCUT2D eigenvalue weighted by Crippen LogP contribution is 2.32. The van der Waals surface area contributed by atoms with Crippen LogP contribution in [-0.2, 0) is 5.75 Å². The summed E-state index contributed by atoms with van der Waals surface area (Å²) in [6, 6.07) is 6.60. The molecule has 0 spiro atoms. The Morgan fingerprint density at radius 1 is 1.41 bits per heavy atom. The Bertz CT molecular complexity index is 547. The molecule has 1 aromatic carbocycles. The van der Waals surface area contributed by atoms with E-state index in [9.17, 15) is 10.1 Å². The Balaban J connectivity index is 2.11. The van der Waals surface area contributed by atoms with Gasteiger partial charge >= 0.3 is 0 Å². The maximum absolute atomic E-state index is 10.8. The minimum absolute atomic E-state index is 0.105. The molecule has 0 aliphatic rings. The second-order valence-electron chi connectivity index (χ2n) is 2.96. The van der Waals surface area contributed by atoms with Crippen molar-refractivity contribution in [3.8, 4) is 0 Å². The van der Waals surface area contributed by atoms with E-state index in [2.05, 4.69) is 10.2 Å². The van der Waals surface area contributed by atoms with E-state index in [0.717, 1.165) is 5.01 Å². The molecule has 0 saturated heterocycles. The molecule has 5 nitrogen and oxygen atoms in total. The van der Waals surface area contributed by atoms with E-state index in [1.165, 1.54) is 29.2 Å². The van der Waals surface area contributed by atoms with Crippen molar-refractivity contribution in [3.63, 3.8) is 0 Å². The fourth-order valence-corrected chi connectivity index (χ4v) is 3.04. The van der Waals surface area contributed by atoms with Gasteiger partial charge in [-0.25, -0.2) is 0 Å². The number of nitro groups is 1. The fraction of sp³-hybridized carbons (Fsp3) is 0.111. The maximum Gasteiger partial charge on any atom is 0.282 e. The molecule has 88 valence electrons. The summed E-state index contributed by atoms with van der Waals surface area (Å²) in [4.78, 5) is 11.0. The molecule has 0 bridgehead atoms. The molecule has 0 unspecified atom stereocenters. The van der Waals surface area contributed by atoms with Crippen LogP contribution in [0.1, 0.15) is 5.01 Å². The molecule has 0 aliphatic carbocycles. The van der Waals surface area contributed by atoms with Gasteiger partial charge in [0, 0.05) is 6.07 Å². The van der Waals surface area contributed by atoms with Crippen LogP contribution in [0.25, 0.3) is 0 Å². The van der Waals surface area contributed by atoms with Gasteiger partial charge in [0.25, 0.3) is 5.69 Å². The summed E-state index contributed by atoms with van der Waals surface area (Å²) < 4.78 is 0.378. The smallest absolute Gasteiger partial charge is 0.258 e. The zero-order chi connectivity index (χ0) is 12.3. The lowest BCUT2D eigenvalue weighted by Crippen LogP contribution is -1.90. The van der Waals surface area contributed by atoms with E-state index in [-0.39, 0.29) is 5.69 Å². The number of hydrogen-bond acceptors (Lipinski definition) is 6. The van der Waals surface area contributed by atoms with Crippen LogP contribution in [0.15, 0.2) is 29.2 Å². The van der Waals surface area contributed by atoms with Crippen molar-refractivity contribution in [1.82, 2.24) is 10.2 Å². The Morgan fingerprint density at radius 3 is 2.82 bits per heavy atom. The van der Waals surface area contributed by atoms with E-state index in [1.54, 1.807) is 18.2 Å². The molecule has 17 heavy (non-hydrogen) atoms. The monoisotopic (exact) mass is 287 g/mol. The summed E-state index contributed by atoms with van der Waals surface area (Å²) in [6.45, 7) is 0. The Morgan fingerprint density at radius 2 is 2.18 bits per heavy atom. The zero-order valence-corrected chi connectivity index (χ0v) is 10.8. The fourth-order valence-electron chi connectivity index (χ4n) is 1.16.